The second kappa shape index (κ2) is 9.45. The van der Waals surface area contributed by atoms with Gasteiger partial charge in [0.05, 0.1) is 6.54 Å². The molecule has 0 saturated carbocycles. The molecular weight excluding hydrogens is 320 g/mol. The molecule has 0 bridgehead atoms. The van der Waals surface area contributed by atoms with Crippen molar-refractivity contribution >= 4 is 24.0 Å². The number of anilines is 1. The molecular formula is C20H25ClN2O. The summed E-state index contributed by atoms with van der Waals surface area (Å²) < 4.78 is 0. The largest absolute Gasteiger partial charge is 0.317 e. The van der Waals surface area contributed by atoms with Crippen molar-refractivity contribution in [2.24, 2.45) is 5.92 Å². The van der Waals surface area contributed by atoms with Crippen LogP contribution in [0.1, 0.15) is 24.8 Å². The zero-order valence-electron chi connectivity index (χ0n) is 13.9. The number of nitrogens with zero attached hydrogens (tertiary/aromatic N) is 1. The fraction of sp³-hybridized carbons (Fsp3) is 0.350. The average Bonchev–Trinajstić information content (AvgIpc) is 2.62. The summed E-state index contributed by atoms with van der Waals surface area (Å²) in [5, 5.41) is 3.36. The second-order valence-electron chi connectivity index (χ2n) is 6.20. The molecule has 1 aliphatic heterocycles. The molecule has 2 aromatic rings. The van der Waals surface area contributed by atoms with Gasteiger partial charge < -0.3 is 10.2 Å². The van der Waals surface area contributed by atoms with Gasteiger partial charge in [-0.05, 0) is 49.5 Å². The van der Waals surface area contributed by atoms with Gasteiger partial charge in [0.1, 0.15) is 0 Å². The zero-order chi connectivity index (χ0) is 15.9. The molecule has 0 spiro atoms. The third-order valence-corrected chi connectivity index (χ3v) is 4.47. The Hall–Kier alpha value is -1.84. The Morgan fingerprint density at radius 3 is 2.17 bits per heavy atom. The summed E-state index contributed by atoms with van der Waals surface area (Å²) in [6.45, 7) is 2.69. The maximum Gasteiger partial charge on any atom is 0.227 e. The molecule has 1 aliphatic rings. The zero-order valence-corrected chi connectivity index (χ0v) is 14.7. The maximum absolute atomic E-state index is 12.9. The number of hydrogen-bond acceptors (Lipinski definition) is 2. The maximum atomic E-state index is 12.9. The normalized spacial score (nSPS) is 14.7. The molecule has 0 radical (unpaired) electrons. The minimum Gasteiger partial charge on any atom is -0.317 e. The van der Waals surface area contributed by atoms with Gasteiger partial charge in [0.25, 0.3) is 0 Å². The number of rotatable bonds is 5. The third-order valence-electron chi connectivity index (χ3n) is 4.47. The predicted octanol–water partition coefficient (Wildman–Crippen LogP) is 4.03. The molecule has 1 amide bonds. The van der Waals surface area contributed by atoms with Gasteiger partial charge in [-0.1, -0.05) is 48.5 Å². The van der Waals surface area contributed by atoms with Crippen LogP contribution in [0.2, 0.25) is 0 Å². The molecule has 0 aromatic heterocycles. The van der Waals surface area contributed by atoms with E-state index in [0.717, 1.165) is 37.2 Å². The van der Waals surface area contributed by atoms with Crippen LogP contribution in [-0.2, 0) is 11.3 Å². The highest BCUT2D eigenvalue weighted by atomic mass is 35.5. The summed E-state index contributed by atoms with van der Waals surface area (Å²) in [5.74, 6) is 0.734. The van der Waals surface area contributed by atoms with E-state index in [1.165, 1.54) is 0 Å². The lowest BCUT2D eigenvalue weighted by Gasteiger charge is -2.27. The van der Waals surface area contributed by atoms with Gasteiger partial charge in [-0.2, -0.15) is 0 Å². The van der Waals surface area contributed by atoms with E-state index < -0.39 is 0 Å². The quantitative estimate of drug-likeness (QED) is 0.888. The summed E-state index contributed by atoms with van der Waals surface area (Å²) in [6.07, 6.45) is 2.84. The van der Waals surface area contributed by atoms with Crippen molar-refractivity contribution in [2.75, 3.05) is 18.0 Å². The Morgan fingerprint density at radius 1 is 0.958 bits per heavy atom. The Kier molecular flexibility index (Phi) is 7.29. The van der Waals surface area contributed by atoms with Crippen LogP contribution in [0.4, 0.5) is 5.69 Å². The molecule has 0 aliphatic carbocycles. The summed E-state index contributed by atoms with van der Waals surface area (Å²) in [4.78, 5) is 14.8. The van der Waals surface area contributed by atoms with Crippen LogP contribution in [0.15, 0.2) is 60.7 Å². The van der Waals surface area contributed by atoms with Gasteiger partial charge >= 0.3 is 0 Å². The van der Waals surface area contributed by atoms with Crippen molar-refractivity contribution in [3.63, 3.8) is 0 Å². The lowest BCUT2D eigenvalue weighted by molar-refractivity contribution is -0.119. The first kappa shape index (κ1) is 18.5. The van der Waals surface area contributed by atoms with Gasteiger partial charge in [0, 0.05) is 12.1 Å². The number of hydrogen-bond donors (Lipinski definition) is 1. The van der Waals surface area contributed by atoms with E-state index >= 15 is 0 Å². The summed E-state index contributed by atoms with van der Waals surface area (Å²) in [7, 11) is 0. The molecule has 128 valence electrons. The van der Waals surface area contributed by atoms with Crippen molar-refractivity contribution in [3.8, 4) is 0 Å². The molecule has 1 fully saturated rings. The predicted molar refractivity (Wildman–Crippen MR) is 102 cm³/mol. The lowest BCUT2D eigenvalue weighted by atomic mass is 9.94. The van der Waals surface area contributed by atoms with Crippen LogP contribution in [0, 0.1) is 5.92 Å². The van der Waals surface area contributed by atoms with Crippen LogP contribution in [0.5, 0.6) is 0 Å². The van der Waals surface area contributed by atoms with E-state index in [1.54, 1.807) is 0 Å². The number of halogens is 1. The first-order valence-electron chi connectivity index (χ1n) is 8.43. The fourth-order valence-electron chi connectivity index (χ4n) is 3.14. The lowest BCUT2D eigenvalue weighted by Crippen LogP contribution is -2.35. The number of nitrogens with one attached hydrogen (secondary N) is 1. The smallest absolute Gasteiger partial charge is 0.227 e. The van der Waals surface area contributed by atoms with Gasteiger partial charge in [-0.25, -0.2) is 0 Å². The highest BCUT2D eigenvalue weighted by Crippen LogP contribution is 2.22. The summed E-state index contributed by atoms with van der Waals surface area (Å²) in [6, 6.07) is 20.2. The van der Waals surface area contributed by atoms with Crippen LogP contribution in [0.25, 0.3) is 0 Å². The van der Waals surface area contributed by atoms with E-state index in [9.17, 15) is 4.79 Å². The molecule has 0 unspecified atom stereocenters. The Labute approximate surface area is 150 Å². The number of amides is 1. The van der Waals surface area contributed by atoms with Crippen LogP contribution in [-0.4, -0.2) is 19.0 Å². The molecule has 4 heteroatoms. The second-order valence-corrected chi connectivity index (χ2v) is 6.20. The van der Waals surface area contributed by atoms with Crippen molar-refractivity contribution in [2.45, 2.75) is 25.8 Å². The monoisotopic (exact) mass is 344 g/mol. The van der Waals surface area contributed by atoms with E-state index in [2.05, 4.69) is 17.4 Å². The Bertz CT molecular complexity index is 612. The van der Waals surface area contributed by atoms with Crippen LogP contribution in [0.3, 0.4) is 0 Å². The molecule has 2 aromatic carbocycles. The fourth-order valence-corrected chi connectivity index (χ4v) is 3.14. The molecule has 0 atom stereocenters. The molecule has 1 N–H and O–H groups in total. The average molecular weight is 345 g/mol. The number of carbonyl (C=O) groups excluding carboxylic acids is 1. The summed E-state index contributed by atoms with van der Waals surface area (Å²) >= 11 is 0. The number of benzene rings is 2. The number of carbonyl (C=O) groups is 1. The highest BCUT2D eigenvalue weighted by molar-refractivity contribution is 5.93. The highest BCUT2D eigenvalue weighted by Gasteiger charge is 2.22. The van der Waals surface area contributed by atoms with Crippen molar-refractivity contribution in [1.82, 2.24) is 5.32 Å². The minimum absolute atomic E-state index is 0. The van der Waals surface area contributed by atoms with E-state index in [1.807, 2.05) is 53.4 Å². The van der Waals surface area contributed by atoms with E-state index in [-0.39, 0.29) is 18.3 Å². The van der Waals surface area contributed by atoms with Gasteiger partial charge in [0.15, 0.2) is 0 Å². The van der Waals surface area contributed by atoms with E-state index in [4.69, 9.17) is 0 Å². The van der Waals surface area contributed by atoms with Gasteiger partial charge in [-0.15, -0.1) is 12.4 Å². The Morgan fingerprint density at radius 2 is 1.54 bits per heavy atom. The topological polar surface area (TPSA) is 32.3 Å². The SMILES string of the molecule is Cl.O=C(CC1CCNCC1)N(Cc1ccccc1)c1ccccc1. The Balaban J connectivity index is 0.00000208. The molecule has 24 heavy (non-hydrogen) atoms. The molecule has 1 saturated heterocycles. The van der Waals surface area contributed by atoms with Crippen molar-refractivity contribution in [3.05, 3.63) is 66.2 Å². The van der Waals surface area contributed by atoms with Crippen LogP contribution >= 0.6 is 12.4 Å². The standard InChI is InChI=1S/C20H24N2O.ClH/c23-20(15-17-11-13-21-14-12-17)22(19-9-5-2-6-10-19)16-18-7-3-1-4-8-18;/h1-10,17,21H,11-16H2;1H. The third kappa shape index (κ3) is 5.08. The van der Waals surface area contributed by atoms with Crippen molar-refractivity contribution < 1.29 is 4.79 Å². The molecule has 3 rings (SSSR count). The first-order chi connectivity index (χ1) is 11.3. The van der Waals surface area contributed by atoms with E-state index in [0.29, 0.717) is 18.9 Å². The summed E-state index contributed by atoms with van der Waals surface area (Å²) in [5.41, 5.74) is 2.14. The van der Waals surface area contributed by atoms with Crippen LogP contribution < -0.4 is 10.2 Å². The van der Waals surface area contributed by atoms with Gasteiger partial charge in [0.2, 0.25) is 5.91 Å². The molecule has 1 heterocycles. The van der Waals surface area contributed by atoms with Crippen molar-refractivity contribution in [1.29, 1.82) is 0 Å². The minimum atomic E-state index is 0. The first-order valence-corrected chi connectivity index (χ1v) is 8.43. The van der Waals surface area contributed by atoms with Gasteiger partial charge in [-0.3, -0.25) is 4.79 Å². The molecule has 3 nitrogen and oxygen atoms in total. The number of para-hydroxylation sites is 1. The number of piperidine rings is 1.